The highest BCUT2D eigenvalue weighted by atomic mass is 16.6. The number of rotatable bonds is 5. The van der Waals surface area contributed by atoms with Gasteiger partial charge in [0.05, 0.1) is 18.9 Å². The zero-order valence-corrected chi connectivity index (χ0v) is 14.8. The minimum absolute atomic E-state index is 0.0565. The van der Waals surface area contributed by atoms with Crippen LogP contribution >= 0.6 is 0 Å². The van der Waals surface area contributed by atoms with Crippen molar-refractivity contribution in [3.8, 4) is 11.5 Å². The van der Waals surface area contributed by atoms with Crippen LogP contribution in [0.3, 0.4) is 0 Å². The number of carbonyl (C=O) groups is 1. The van der Waals surface area contributed by atoms with Crippen LogP contribution in [-0.4, -0.2) is 42.3 Å². The van der Waals surface area contributed by atoms with Crippen LogP contribution in [0.25, 0.3) is 0 Å². The molecule has 0 spiro atoms. The third kappa shape index (κ3) is 3.55. The predicted octanol–water partition coefficient (Wildman–Crippen LogP) is 3.02. The molecule has 1 amide bonds. The maximum atomic E-state index is 13.3. The van der Waals surface area contributed by atoms with E-state index in [1.54, 1.807) is 11.2 Å². The molecule has 2 aliphatic heterocycles. The molecule has 0 radical (unpaired) electrons. The van der Waals surface area contributed by atoms with Gasteiger partial charge in [0, 0.05) is 13.2 Å². The van der Waals surface area contributed by atoms with Crippen LogP contribution in [0.15, 0.2) is 47.1 Å². The lowest BCUT2D eigenvalue weighted by atomic mass is 10.1. The largest absolute Gasteiger partial charge is 0.482 e. The second-order valence-corrected chi connectivity index (χ2v) is 6.74. The van der Waals surface area contributed by atoms with E-state index < -0.39 is 6.10 Å². The summed E-state index contributed by atoms with van der Waals surface area (Å²) >= 11 is 0. The SMILES string of the molecule is C[C@@H]1Oc2ccccc2O[C@H]1C(=O)N(Cc1ccco1)C[C@H]1CCCO1. The molecule has 26 heavy (non-hydrogen) atoms. The van der Waals surface area contributed by atoms with Crippen molar-refractivity contribution in [2.75, 3.05) is 13.2 Å². The van der Waals surface area contributed by atoms with E-state index in [0.717, 1.165) is 25.2 Å². The first-order valence-corrected chi connectivity index (χ1v) is 9.06. The normalized spacial score (nSPS) is 24.4. The van der Waals surface area contributed by atoms with Gasteiger partial charge in [-0.2, -0.15) is 0 Å². The van der Waals surface area contributed by atoms with Crippen molar-refractivity contribution < 1.29 is 23.4 Å². The number of carbonyl (C=O) groups excluding carboxylic acids is 1. The number of ether oxygens (including phenoxy) is 3. The quantitative estimate of drug-likeness (QED) is 0.823. The van der Waals surface area contributed by atoms with Gasteiger partial charge in [-0.3, -0.25) is 4.79 Å². The monoisotopic (exact) mass is 357 g/mol. The second-order valence-electron chi connectivity index (χ2n) is 6.74. The molecule has 4 rings (SSSR count). The molecule has 1 aromatic carbocycles. The van der Waals surface area contributed by atoms with E-state index in [2.05, 4.69) is 0 Å². The number of benzene rings is 1. The first-order chi connectivity index (χ1) is 12.7. The van der Waals surface area contributed by atoms with Gasteiger partial charge in [0.25, 0.3) is 5.91 Å². The zero-order chi connectivity index (χ0) is 17.9. The highest BCUT2D eigenvalue weighted by Gasteiger charge is 2.38. The number of hydrogen-bond acceptors (Lipinski definition) is 5. The fourth-order valence-corrected chi connectivity index (χ4v) is 3.43. The van der Waals surface area contributed by atoms with E-state index in [1.807, 2.05) is 43.3 Å². The Morgan fingerprint density at radius 2 is 1.96 bits per heavy atom. The molecule has 6 heteroatoms. The Morgan fingerprint density at radius 1 is 1.15 bits per heavy atom. The summed E-state index contributed by atoms with van der Waals surface area (Å²) in [5.41, 5.74) is 0. The molecule has 3 atom stereocenters. The molecule has 0 unspecified atom stereocenters. The van der Waals surface area contributed by atoms with Crippen molar-refractivity contribution in [1.29, 1.82) is 0 Å². The van der Waals surface area contributed by atoms with E-state index in [0.29, 0.717) is 24.6 Å². The molecule has 2 aliphatic rings. The number of nitrogens with zero attached hydrogens (tertiary/aromatic N) is 1. The smallest absolute Gasteiger partial charge is 0.268 e. The van der Waals surface area contributed by atoms with Gasteiger partial charge in [-0.15, -0.1) is 0 Å². The first kappa shape index (κ1) is 17.0. The number of amides is 1. The van der Waals surface area contributed by atoms with E-state index in [4.69, 9.17) is 18.6 Å². The summed E-state index contributed by atoms with van der Waals surface area (Å²) in [4.78, 5) is 15.0. The Kier molecular flexibility index (Phi) is 4.84. The van der Waals surface area contributed by atoms with Crippen molar-refractivity contribution in [1.82, 2.24) is 4.90 Å². The number of para-hydroxylation sites is 2. The minimum Gasteiger partial charge on any atom is -0.482 e. The van der Waals surface area contributed by atoms with Crippen LogP contribution in [0.2, 0.25) is 0 Å². The standard InChI is InChI=1S/C20H23NO5/c1-14-19(26-18-9-3-2-8-17(18)25-14)20(22)21(12-15-6-4-10-23-15)13-16-7-5-11-24-16/h2-4,6,8-10,14,16,19H,5,7,11-13H2,1H3/t14-,16+,19+/m0/s1. The average molecular weight is 357 g/mol. The molecule has 1 saturated heterocycles. The number of furan rings is 1. The summed E-state index contributed by atoms with van der Waals surface area (Å²) in [5, 5.41) is 0. The Balaban J connectivity index is 1.53. The molecular weight excluding hydrogens is 334 g/mol. The van der Waals surface area contributed by atoms with E-state index in [9.17, 15) is 4.79 Å². The summed E-state index contributed by atoms with van der Waals surface area (Å²) in [6, 6.07) is 11.1. The van der Waals surface area contributed by atoms with Gasteiger partial charge in [-0.05, 0) is 44.0 Å². The van der Waals surface area contributed by atoms with Crippen LogP contribution in [0, 0.1) is 0 Å². The topological polar surface area (TPSA) is 61.1 Å². The molecule has 0 aliphatic carbocycles. The van der Waals surface area contributed by atoms with E-state index in [1.165, 1.54) is 0 Å². The predicted molar refractivity (Wildman–Crippen MR) is 94.0 cm³/mol. The van der Waals surface area contributed by atoms with Gasteiger partial charge < -0.3 is 23.5 Å². The summed E-state index contributed by atoms with van der Waals surface area (Å²) < 4.78 is 23.0. The van der Waals surface area contributed by atoms with E-state index >= 15 is 0 Å². The van der Waals surface area contributed by atoms with Crippen LogP contribution in [0.4, 0.5) is 0 Å². The molecule has 6 nitrogen and oxygen atoms in total. The van der Waals surface area contributed by atoms with Crippen molar-refractivity contribution >= 4 is 5.91 Å². The van der Waals surface area contributed by atoms with Crippen LogP contribution in [0.5, 0.6) is 11.5 Å². The van der Waals surface area contributed by atoms with Gasteiger partial charge in [-0.25, -0.2) is 0 Å². The van der Waals surface area contributed by atoms with Crippen LogP contribution < -0.4 is 9.47 Å². The number of fused-ring (bicyclic) bond motifs is 1. The van der Waals surface area contributed by atoms with Gasteiger partial charge in [0.15, 0.2) is 11.5 Å². The third-order valence-corrected chi connectivity index (χ3v) is 4.77. The van der Waals surface area contributed by atoms with E-state index in [-0.39, 0.29) is 18.1 Å². The Hall–Kier alpha value is -2.47. The van der Waals surface area contributed by atoms with Crippen LogP contribution in [-0.2, 0) is 16.1 Å². The summed E-state index contributed by atoms with van der Waals surface area (Å²) in [6.45, 7) is 3.52. The Labute approximate surface area is 152 Å². The summed E-state index contributed by atoms with van der Waals surface area (Å²) in [5.74, 6) is 1.89. The fourth-order valence-electron chi connectivity index (χ4n) is 3.43. The second kappa shape index (κ2) is 7.41. The van der Waals surface area contributed by atoms with Crippen molar-refractivity contribution in [2.45, 2.75) is 44.6 Å². The zero-order valence-electron chi connectivity index (χ0n) is 14.8. The highest BCUT2D eigenvalue weighted by molar-refractivity contribution is 5.82. The van der Waals surface area contributed by atoms with Crippen molar-refractivity contribution in [2.24, 2.45) is 0 Å². The molecule has 3 heterocycles. The summed E-state index contributed by atoms with van der Waals surface area (Å²) in [7, 11) is 0. The Morgan fingerprint density at radius 3 is 2.65 bits per heavy atom. The summed E-state index contributed by atoms with van der Waals surface area (Å²) in [6.07, 6.45) is 2.59. The van der Waals surface area contributed by atoms with Gasteiger partial charge in [0.2, 0.25) is 6.10 Å². The van der Waals surface area contributed by atoms with Gasteiger partial charge in [0.1, 0.15) is 11.9 Å². The average Bonchev–Trinajstić information content (AvgIpc) is 3.34. The molecule has 0 N–H and O–H groups in total. The van der Waals surface area contributed by atoms with Gasteiger partial charge >= 0.3 is 0 Å². The minimum atomic E-state index is -0.693. The lowest BCUT2D eigenvalue weighted by molar-refractivity contribution is -0.147. The molecule has 0 saturated carbocycles. The third-order valence-electron chi connectivity index (χ3n) is 4.77. The molecular formula is C20H23NO5. The molecule has 1 aromatic heterocycles. The highest BCUT2D eigenvalue weighted by Crippen LogP contribution is 2.34. The number of hydrogen-bond donors (Lipinski definition) is 0. The molecule has 2 aromatic rings. The lowest BCUT2D eigenvalue weighted by Gasteiger charge is -2.35. The first-order valence-electron chi connectivity index (χ1n) is 9.06. The van der Waals surface area contributed by atoms with Crippen molar-refractivity contribution in [3.63, 3.8) is 0 Å². The Bertz CT molecular complexity index is 738. The van der Waals surface area contributed by atoms with Crippen LogP contribution in [0.1, 0.15) is 25.5 Å². The lowest BCUT2D eigenvalue weighted by Crippen LogP contribution is -2.51. The molecule has 138 valence electrons. The van der Waals surface area contributed by atoms with Crippen molar-refractivity contribution in [3.05, 3.63) is 48.4 Å². The fraction of sp³-hybridized carbons (Fsp3) is 0.450. The molecule has 1 fully saturated rings. The maximum Gasteiger partial charge on any atom is 0.268 e. The maximum absolute atomic E-state index is 13.3. The van der Waals surface area contributed by atoms with Gasteiger partial charge in [-0.1, -0.05) is 12.1 Å². The molecule has 0 bridgehead atoms.